The maximum absolute atomic E-state index is 12.5. The van der Waals surface area contributed by atoms with E-state index in [2.05, 4.69) is 4.98 Å². The zero-order chi connectivity index (χ0) is 20.4. The topological polar surface area (TPSA) is 68.0 Å². The van der Waals surface area contributed by atoms with E-state index in [4.69, 9.17) is 27.6 Å². The molecule has 0 unspecified atom stereocenters. The van der Waals surface area contributed by atoms with Crippen molar-refractivity contribution in [3.05, 3.63) is 105 Å². The number of nitrogens with zero attached hydrogens (tertiary/aromatic N) is 1. The summed E-state index contributed by atoms with van der Waals surface area (Å²) in [7, 11) is 0. The predicted octanol–water partition coefficient (Wildman–Crippen LogP) is 5.63. The molecule has 4 rings (SSSR count). The standard InChI is InChI=1S/C22H14Cl2N2O3/c23-16-7-4-14(5-8-16)6-9-19(27)15-2-1-3-17(12-15)26-13-18(25-22(26)28)20-10-11-21(24)29-20/h1-13H,(H,25,28)/b9-6+. The van der Waals surface area contributed by atoms with Gasteiger partial charge in [0.2, 0.25) is 0 Å². The highest BCUT2D eigenvalue weighted by Gasteiger charge is 2.11. The van der Waals surface area contributed by atoms with Gasteiger partial charge in [-0.25, -0.2) is 4.79 Å². The summed E-state index contributed by atoms with van der Waals surface area (Å²) >= 11 is 11.7. The first-order valence-electron chi connectivity index (χ1n) is 8.65. The van der Waals surface area contributed by atoms with Crippen molar-refractivity contribution in [1.29, 1.82) is 0 Å². The number of furan rings is 1. The van der Waals surface area contributed by atoms with Crippen molar-refractivity contribution in [2.45, 2.75) is 0 Å². The minimum absolute atomic E-state index is 0.177. The molecule has 2 aromatic heterocycles. The van der Waals surface area contributed by atoms with Gasteiger partial charge in [0, 0.05) is 16.8 Å². The summed E-state index contributed by atoms with van der Waals surface area (Å²) in [6.45, 7) is 0. The average molecular weight is 425 g/mol. The summed E-state index contributed by atoms with van der Waals surface area (Å²) < 4.78 is 6.74. The second kappa shape index (κ2) is 7.99. The monoisotopic (exact) mass is 424 g/mol. The van der Waals surface area contributed by atoms with Crippen molar-refractivity contribution < 1.29 is 9.21 Å². The molecule has 0 saturated heterocycles. The van der Waals surface area contributed by atoms with Gasteiger partial charge in [0.25, 0.3) is 0 Å². The quantitative estimate of drug-likeness (QED) is 0.333. The molecule has 29 heavy (non-hydrogen) atoms. The Morgan fingerprint density at radius 2 is 1.83 bits per heavy atom. The molecule has 5 nitrogen and oxygen atoms in total. The van der Waals surface area contributed by atoms with Crippen molar-refractivity contribution >= 4 is 35.1 Å². The Morgan fingerprint density at radius 3 is 2.55 bits per heavy atom. The number of H-pyrrole nitrogens is 1. The Labute approximate surface area is 175 Å². The lowest BCUT2D eigenvalue weighted by molar-refractivity contribution is 0.104. The van der Waals surface area contributed by atoms with Crippen LogP contribution in [-0.2, 0) is 0 Å². The first kappa shape index (κ1) is 19.1. The van der Waals surface area contributed by atoms with Gasteiger partial charge >= 0.3 is 5.69 Å². The molecule has 0 aliphatic carbocycles. The van der Waals surface area contributed by atoms with Gasteiger partial charge < -0.3 is 9.40 Å². The normalized spacial score (nSPS) is 11.2. The van der Waals surface area contributed by atoms with Gasteiger partial charge in [-0.05, 0) is 59.6 Å². The highest BCUT2D eigenvalue weighted by molar-refractivity contribution is 6.30. The third-order valence-corrected chi connectivity index (χ3v) is 4.72. The van der Waals surface area contributed by atoms with Crippen LogP contribution in [0.2, 0.25) is 10.2 Å². The highest BCUT2D eigenvalue weighted by Crippen LogP contribution is 2.23. The van der Waals surface area contributed by atoms with Crippen LogP contribution in [0.15, 0.2) is 82.1 Å². The molecule has 1 N–H and O–H groups in total. The van der Waals surface area contributed by atoms with Gasteiger partial charge in [-0.1, -0.05) is 41.9 Å². The Morgan fingerprint density at radius 1 is 1.03 bits per heavy atom. The number of allylic oxidation sites excluding steroid dienone is 1. The maximum Gasteiger partial charge on any atom is 0.330 e. The van der Waals surface area contributed by atoms with Crippen molar-refractivity contribution in [3.63, 3.8) is 0 Å². The molecule has 0 bridgehead atoms. The number of carbonyl (C=O) groups is 1. The van der Waals surface area contributed by atoms with Crippen LogP contribution in [0.4, 0.5) is 0 Å². The zero-order valence-corrected chi connectivity index (χ0v) is 16.4. The predicted molar refractivity (Wildman–Crippen MR) is 114 cm³/mol. The fraction of sp³-hybridized carbons (Fsp3) is 0. The number of carbonyl (C=O) groups excluding carboxylic acids is 1. The maximum atomic E-state index is 12.5. The summed E-state index contributed by atoms with van der Waals surface area (Å²) in [5.41, 5.74) is 2.02. The van der Waals surface area contributed by atoms with E-state index in [1.807, 2.05) is 12.1 Å². The summed E-state index contributed by atoms with van der Waals surface area (Å²) in [6.07, 6.45) is 4.80. The number of benzene rings is 2. The molecule has 0 fully saturated rings. The number of rotatable bonds is 5. The minimum atomic E-state index is -0.353. The van der Waals surface area contributed by atoms with Crippen LogP contribution in [-0.4, -0.2) is 15.3 Å². The van der Waals surface area contributed by atoms with Gasteiger partial charge in [-0.2, -0.15) is 0 Å². The average Bonchev–Trinajstić information content (AvgIpc) is 3.33. The smallest absolute Gasteiger partial charge is 0.330 e. The highest BCUT2D eigenvalue weighted by atomic mass is 35.5. The SMILES string of the molecule is O=C(/C=C/c1ccc(Cl)cc1)c1cccc(-n2cc(-c3ccc(Cl)o3)[nH]c2=O)c1. The molecule has 4 aromatic rings. The molecule has 2 heterocycles. The molecule has 144 valence electrons. The number of hydrogen-bond donors (Lipinski definition) is 1. The molecule has 0 aliphatic rings. The molecule has 0 amide bonds. The molecule has 0 atom stereocenters. The van der Waals surface area contributed by atoms with Crippen molar-refractivity contribution in [1.82, 2.24) is 9.55 Å². The second-order valence-electron chi connectivity index (χ2n) is 6.25. The van der Waals surface area contributed by atoms with Gasteiger partial charge in [0.05, 0.1) is 5.69 Å². The van der Waals surface area contributed by atoms with Crippen LogP contribution < -0.4 is 5.69 Å². The van der Waals surface area contributed by atoms with Gasteiger partial charge in [-0.15, -0.1) is 0 Å². The van der Waals surface area contributed by atoms with E-state index in [0.717, 1.165) is 5.56 Å². The largest absolute Gasteiger partial charge is 0.443 e. The summed E-state index contributed by atoms with van der Waals surface area (Å²) in [5, 5.41) is 0.864. The van der Waals surface area contributed by atoms with Crippen LogP contribution in [0.3, 0.4) is 0 Å². The van der Waals surface area contributed by atoms with E-state index < -0.39 is 0 Å². The van der Waals surface area contributed by atoms with E-state index in [-0.39, 0.29) is 16.7 Å². The molecular weight excluding hydrogens is 411 g/mol. The van der Waals surface area contributed by atoms with Crippen LogP contribution >= 0.6 is 23.2 Å². The lowest BCUT2D eigenvalue weighted by Gasteiger charge is -2.03. The van der Waals surface area contributed by atoms with E-state index in [0.29, 0.717) is 27.7 Å². The van der Waals surface area contributed by atoms with E-state index in [1.165, 1.54) is 10.6 Å². The van der Waals surface area contributed by atoms with Crippen molar-refractivity contribution in [2.24, 2.45) is 0 Å². The number of halogens is 2. The second-order valence-corrected chi connectivity index (χ2v) is 7.06. The first-order chi connectivity index (χ1) is 14.0. The number of ketones is 1. The third-order valence-electron chi connectivity index (χ3n) is 4.26. The number of imidazole rings is 1. The molecule has 2 aromatic carbocycles. The Kier molecular flexibility index (Phi) is 5.25. The molecule has 7 heteroatoms. The summed E-state index contributed by atoms with van der Waals surface area (Å²) in [6, 6.07) is 17.2. The number of aromatic nitrogens is 2. The van der Waals surface area contributed by atoms with E-state index in [1.54, 1.807) is 60.8 Å². The Bertz CT molecular complexity index is 1260. The summed E-state index contributed by atoms with van der Waals surface area (Å²) in [5.74, 6) is 0.271. The lowest BCUT2D eigenvalue weighted by Crippen LogP contribution is -2.14. The van der Waals surface area contributed by atoms with Crippen molar-refractivity contribution in [2.75, 3.05) is 0 Å². The molecule has 0 aliphatic heterocycles. The van der Waals surface area contributed by atoms with Crippen LogP contribution in [0.25, 0.3) is 23.2 Å². The van der Waals surface area contributed by atoms with Gasteiger partial charge in [0.15, 0.2) is 16.8 Å². The van der Waals surface area contributed by atoms with E-state index in [9.17, 15) is 9.59 Å². The lowest BCUT2D eigenvalue weighted by atomic mass is 10.1. The minimum Gasteiger partial charge on any atom is -0.443 e. The number of aromatic amines is 1. The van der Waals surface area contributed by atoms with Crippen LogP contribution in [0.1, 0.15) is 15.9 Å². The third kappa shape index (κ3) is 4.26. The molecule has 0 radical (unpaired) electrons. The van der Waals surface area contributed by atoms with Crippen molar-refractivity contribution in [3.8, 4) is 17.1 Å². The van der Waals surface area contributed by atoms with Crippen LogP contribution in [0.5, 0.6) is 0 Å². The van der Waals surface area contributed by atoms with Gasteiger partial charge in [-0.3, -0.25) is 9.36 Å². The number of hydrogen-bond acceptors (Lipinski definition) is 3. The molecular formula is C22H14Cl2N2O3. The van der Waals surface area contributed by atoms with E-state index >= 15 is 0 Å². The molecule has 0 saturated carbocycles. The number of nitrogens with one attached hydrogen (secondary N) is 1. The fourth-order valence-corrected chi connectivity index (χ4v) is 3.09. The molecule has 0 spiro atoms. The Balaban J connectivity index is 1.60. The zero-order valence-electron chi connectivity index (χ0n) is 14.9. The Hall–Kier alpha value is -3.28. The van der Waals surface area contributed by atoms with Gasteiger partial charge in [0.1, 0.15) is 5.69 Å². The first-order valence-corrected chi connectivity index (χ1v) is 9.41. The van der Waals surface area contributed by atoms with Crippen LogP contribution in [0, 0.1) is 0 Å². The summed E-state index contributed by atoms with van der Waals surface area (Å²) in [4.78, 5) is 27.6. The fourth-order valence-electron chi connectivity index (χ4n) is 2.82.